The molecule has 0 aliphatic carbocycles. The highest BCUT2D eigenvalue weighted by Gasteiger charge is 2.29. The molecule has 0 bridgehead atoms. The third-order valence-corrected chi connectivity index (χ3v) is 5.92. The van der Waals surface area contributed by atoms with Crippen molar-refractivity contribution in [3.05, 3.63) is 83.9 Å². The maximum Gasteiger partial charge on any atom is 0.223 e. The second-order valence-corrected chi connectivity index (χ2v) is 8.09. The van der Waals surface area contributed by atoms with Crippen LogP contribution in [0.3, 0.4) is 0 Å². The van der Waals surface area contributed by atoms with Gasteiger partial charge in [0.25, 0.3) is 0 Å². The number of hydrogen-bond acceptors (Lipinski definition) is 2. The summed E-state index contributed by atoms with van der Waals surface area (Å²) in [7, 11) is 1.78. The lowest BCUT2D eigenvalue weighted by molar-refractivity contribution is -0.127. The molecule has 0 radical (unpaired) electrons. The molecule has 1 amide bonds. The number of carbonyl (C=O) groups is 1. The monoisotopic (exact) mass is 414 g/mol. The predicted molar refractivity (Wildman–Crippen MR) is 127 cm³/mol. The van der Waals surface area contributed by atoms with Gasteiger partial charge in [-0.3, -0.25) is 9.79 Å². The lowest BCUT2D eigenvalue weighted by atomic mass is 10.0. The van der Waals surface area contributed by atoms with Crippen molar-refractivity contribution in [1.29, 1.82) is 0 Å². The first-order valence-electron chi connectivity index (χ1n) is 11.0. The van der Waals surface area contributed by atoms with Crippen LogP contribution in [0, 0.1) is 5.92 Å². The minimum atomic E-state index is 0.251. The zero-order chi connectivity index (χ0) is 21.5. The van der Waals surface area contributed by atoms with Crippen molar-refractivity contribution in [2.75, 3.05) is 26.7 Å². The molecule has 2 N–H and O–H groups in total. The van der Waals surface area contributed by atoms with Crippen molar-refractivity contribution in [2.45, 2.75) is 19.4 Å². The number of nitrogens with one attached hydrogen (secondary N) is 2. The van der Waals surface area contributed by atoms with Gasteiger partial charge in [-0.25, -0.2) is 0 Å². The fraction of sp³-hybridized carbons (Fsp3) is 0.308. The summed E-state index contributed by atoms with van der Waals surface area (Å²) in [5.74, 6) is 1.32. The summed E-state index contributed by atoms with van der Waals surface area (Å²) in [5, 5.41) is 9.31. The molecule has 1 aliphatic heterocycles. The van der Waals surface area contributed by atoms with Crippen LogP contribution in [-0.4, -0.2) is 43.4 Å². The fourth-order valence-electron chi connectivity index (χ4n) is 4.20. The van der Waals surface area contributed by atoms with E-state index in [1.807, 2.05) is 23.1 Å². The maximum absolute atomic E-state index is 12.4. The highest BCUT2D eigenvalue weighted by atomic mass is 16.2. The van der Waals surface area contributed by atoms with Crippen molar-refractivity contribution in [3.63, 3.8) is 0 Å². The van der Waals surface area contributed by atoms with Gasteiger partial charge in [-0.2, -0.15) is 0 Å². The van der Waals surface area contributed by atoms with E-state index in [-0.39, 0.29) is 5.91 Å². The zero-order valence-electron chi connectivity index (χ0n) is 18.1. The number of carbonyl (C=O) groups excluding carboxylic acids is 1. The standard InChI is InChI=1S/C26H30N4O/c1-27-26(29-18-23-12-7-11-22-10-5-6-13-24(22)23)28-17-21-16-25(31)30(19-21)15-14-20-8-3-2-4-9-20/h2-13,21H,14-19H2,1H3,(H2,27,28,29). The van der Waals surface area contributed by atoms with E-state index < -0.39 is 0 Å². The first-order valence-corrected chi connectivity index (χ1v) is 11.0. The Kier molecular flexibility index (Phi) is 6.82. The van der Waals surface area contributed by atoms with Crippen LogP contribution in [0.5, 0.6) is 0 Å². The van der Waals surface area contributed by atoms with Crippen molar-refractivity contribution in [1.82, 2.24) is 15.5 Å². The molecular weight excluding hydrogens is 384 g/mol. The molecule has 5 heteroatoms. The minimum absolute atomic E-state index is 0.251. The van der Waals surface area contributed by atoms with Crippen molar-refractivity contribution >= 4 is 22.6 Å². The topological polar surface area (TPSA) is 56.7 Å². The number of benzene rings is 3. The molecule has 1 unspecified atom stereocenters. The highest BCUT2D eigenvalue weighted by Crippen LogP contribution is 2.19. The summed E-state index contributed by atoms with van der Waals surface area (Å²) in [6.07, 6.45) is 1.50. The number of rotatable bonds is 7. The number of nitrogens with zero attached hydrogens (tertiary/aromatic N) is 2. The van der Waals surface area contributed by atoms with Crippen LogP contribution >= 0.6 is 0 Å². The normalized spacial score (nSPS) is 16.7. The quantitative estimate of drug-likeness (QED) is 0.459. The number of aliphatic imine (C=N–C) groups is 1. The van der Waals surface area contributed by atoms with Gasteiger partial charge in [0.2, 0.25) is 5.91 Å². The van der Waals surface area contributed by atoms with Gasteiger partial charge in [0.05, 0.1) is 0 Å². The summed E-state index contributed by atoms with van der Waals surface area (Å²) in [5.41, 5.74) is 2.51. The second-order valence-electron chi connectivity index (χ2n) is 8.09. The van der Waals surface area contributed by atoms with E-state index in [9.17, 15) is 4.79 Å². The molecule has 0 spiro atoms. The van der Waals surface area contributed by atoms with Crippen LogP contribution in [-0.2, 0) is 17.8 Å². The molecular formula is C26H30N4O. The van der Waals surface area contributed by atoms with Gasteiger partial charge >= 0.3 is 0 Å². The van der Waals surface area contributed by atoms with E-state index in [1.165, 1.54) is 21.9 Å². The molecule has 0 saturated carbocycles. The largest absolute Gasteiger partial charge is 0.356 e. The van der Waals surface area contributed by atoms with Crippen LogP contribution in [0.4, 0.5) is 0 Å². The maximum atomic E-state index is 12.4. The lowest BCUT2D eigenvalue weighted by Crippen LogP contribution is -2.40. The lowest BCUT2D eigenvalue weighted by Gasteiger charge is -2.18. The molecule has 1 atom stereocenters. The van der Waals surface area contributed by atoms with Gasteiger partial charge in [0.15, 0.2) is 5.96 Å². The van der Waals surface area contributed by atoms with Crippen LogP contribution in [0.15, 0.2) is 77.8 Å². The van der Waals surface area contributed by atoms with E-state index in [4.69, 9.17) is 0 Å². The molecule has 160 valence electrons. The minimum Gasteiger partial charge on any atom is -0.356 e. The van der Waals surface area contributed by atoms with E-state index >= 15 is 0 Å². The van der Waals surface area contributed by atoms with Crippen molar-refractivity contribution < 1.29 is 4.79 Å². The summed E-state index contributed by atoms with van der Waals surface area (Å²) in [4.78, 5) is 18.8. The zero-order valence-corrected chi connectivity index (χ0v) is 18.1. The molecule has 1 fully saturated rings. The number of hydrogen-bond donors (Lipinski definition) is 2. The molecule has 3 aromatic rings. The highest BCUT2D eigenvalue weighted by molar-refractivity contribution is 5.86. The summed E-state index contributed by atoms with van der Waals surface area (Å²) < 4.78 is 0. The molecule has 31 heavy (non-hydrogen) atoms. The smallest absolute Gasteiger partial charge is 0.223 e. The second kappa shape index (κ2) is 10.1. The van der Waals surface area contributed by atoms with Crippen molar-refractivity contribution in [3.8, 4) is 0 Å². The number of amides is 1. The van der Waals surface area contributed by atoms with Gasteiger partial charge < -0.3 is 15.5 Å². The van der Waals surface area contributed by atoms with Crippen LogP contribution in [0.2, 0.25) is 0 Å². The Morgan fingerprint density at radius 3 is 2.61 bits per heavy atom. The summed E-state index contributed by atoms with van der Waals surface area (Å²) in [6, 6.07) is 25.1. The Labute approximate surface area is 184 Å². The average molecular weight is 415 g/mol. The van der Waals surface area contributed by atoms with E-state index in [0.29, 0.717) is 18.9 Å². The van der Waals surface area contributed by atoms with E-state index in [2.05, 4.69) is 70.2 Å². The first kappa shape index (κ1) is 20.9. The molecule has 0 aromatic heterocycles. The van der Waals surface area contributed by atoms with Crippen LogP contribution < -0.4 is 10.6 Å². The van der Waals surface area contributed by atoms with Crippen LogP contribution in [0.25, 0.3) is 10.8 Å². The van der Waals surface area contributed by atoms with Gasteiger partial charge in [-0.1, -0.05) is 72.8 Å². The van der Waals surface area contributed by atoms with Gasteiger partial charge in [-0.05, 0) is 28.3 Å². The number of likely N-dealkylation sites (tertiary alicyclic amines) is 1. The Balaban J connectivity index is 1.25. The van der Waals surface area contributed by atoms with Gasteiger partial charge in [-0.15, -0.1) is 0 Å². The van der Waals surface area contributed by atoms with Gasteiger partial charge in [0.1, 0.15) is 0 Å². The Morgan fingerprint density at radius 1 is 1.00 bits per heavy atom. The summed E-state index contributed by atoms with van der Waals surface area (Å²) in [6.45, 7) is 3.03. The number of guanidine groups is 1. The summed E-state index contributed by atoms with van der Waals surface area (Å²) >= 11 is 0. The Bertz CT molecular complexity index is 1040. The fourth-order valence-corrected chi connectivity index (χ4v) is 4.20. The third kappa shape index (κ3) is 5.43. The van der Waals surface area contributed by atoms with E-state index in [0.717, 1.165) is 32.0 Å². The SMILES string of the molecule is CN=C(NCc1cccc2ccccc12)NCC1CC(=O)N(CCc2ccccc2)C1. The predicted octanol–water partition coefficient (Wildman–Crippen LogP) is 3.60. The molecule has 1 heterocycles. The van der Waals surface area contributed by atoms with Crippen molar-refractivity contribution in [2.24, 2.45) is 10.9 Å². The van der Waals surface area contributed by atoms with E-state index in [1.54, 1.807) is 7.05 Å². The molecule has 1 saturated heterocycles. The number of fused-ring (bicyclic) bond motifs is 1. The first-order chi connectivity index (χ1) is 15.2. The van der Waals surface area contributed by atoms with Crippen LogP contribution in [0.1, 0.15) is 17.5 Å². The molecule has 5 nitrogen and oxygen atoms in total. The Morgan fingerprint density at radius 2 is 1.77 bits per heavy atom. The molecule has 4 rings (SSSR count). The molecule has 3 aromatic carbocycles. The van der Waals surface area contributed by atoms with Gasteiger partial charge in [0, 0.05) is 45.6 Å². The Hall–Kier alpha value is -3.34. The third-order valence-electron chi connectivity index (χ3n) is 5.92. The molecule has 1 aliphatic rings. The average Bonchev–Trinajstić information content (AvgIpc) is 3.18.